The molecule has 0 saturated carbocycles. The van der Waals surface area contributed by atoms with Gasteiger partial charge in [-0.3, -0.25) is 4.79 Å². The third kappa shape index (κ3) is 3.98. The highest BCUT2D eigenvalue weighted by Gasteiger charge is 2.36. The summed E-state index contributed by atoms with van der Waals surface area (Å²) in [5.41, 5.74) is 2.56. The van der Waals surface area contributed by atoms with Gasteiger partial charge >= 0.3 is 0 Å². The molecule has 1 amide bonds. The number of ether oxygens (including phenoxy) is 1. The molecule has 150 valence electrons. The average Bonchev–Trinajstić information content (AvgIpc) is 3.36. The normalized spacial score (nSPS) is 16.4. The summed E-state index contributed by atoms with van der Waals surface area (Å²) in [5.74, 6) is 1.67. The number of carbonyl (C=O) groups is 1. The van der Waals surface area contributed by atoms with Crippen LogP contribution in [0.3, 0.4) is 0 Å². The molecule has 1 aromatic heterocycles. The lowest BCUT2D eigenvalue weighted by Gasteiger charge is -2.19. The van der Waals surface area contributed by atoms with Crippen LogP contribution in [0.4, 0.5) is 5.69 Å². The Kier molecular flexibility index (Phi) is 5.53. The van der Waals surface area contributed by atoms with Crippen LogP contribution in [0.2, 0.25) is 5.02 Å². The second kappa shape index (κ2) is 8.25. The van der Waals surface area contributed by atoms with Crippen LogP contribution in [0.25, 0.3) is 11.4 Å². The fraction of sp³-hybridized carbons (Fsp3) is 0.318. The van der Waals surface area contributed by atoms with Crippen LogP contribution in [-0.4, -0.2) is 29.2 Å². The van der Waals surface area contributed by atoms with E-state index in [-0.39, 0.29) is 11.8 Å². The molecule has 2 aromatic carbocycles. The zero-order valence-corrected chi connectivity index (χ0v) is 17.1. The Balaban J connectivity index is 1.50. The van der Waals surface area contributed by atoms with Crippen molar-refractivity contribution < 1.29 is 14.1 Å². The number of halogens is 1. The maximum Gasteiger partial charge on any atom is 0.232 e. The molecule has 4 rings (SSSR count). The van der Waals surface area contributed by atoms with E-state index in [1.54, 1.807) is 4.90 Å². The Hall–Kier alpha value is -2.86. The van der Waals surface area contributed by atoms with E-state index in [1.807, 2.05) is 49.4 Å². The molecule has 1 saturated heterocycles. The van der Waals surface area contributed by atoms with Gasteiger partial charge in [0.25, 0.3) is 0 Å². The van der Waals surface area contributed by atoms with Crippen LogP contribution >= 0.6 is 11.6 Å². The number of rotatable bonds is 6. The molecule has 1 fully saturated rings. The Morgan fingerprint density at radius 2 is 2.03 bits per heavy atom. The minimum Gasteiger partial charge on any atom is -0.494 e. The lowest BCUT2D eigenvalue weighted by molar-refractivity contribution is -0.117. The van der Waals surface area contributed by atoms with Gasteiger partial charge < -0.3 is 14.2 Å². The van der Waals surface area contributed by atoms with E-state index in [9.17, 15) is 4.79 Å². The molecule has 1 aliphatic heterocycles. The van der Waals surface area contributed by atoms with E-state index >= 15 is 0 Å². The molecule has 0 aliphatic carbocycles. The van der Waals surface area contributed by atoms with Crippen molar-refractivity contribution in [1.29, 1.82) is 0 Å². The van der Waals surface area contributed by atoms with Crippen molar-refractivity contribution in [2.45, 2.75) is 32.6 Å². The molecule has 0 bridgehead atoms. The summed E-state index contributed by atoms with van der Waals surface area (Å²) in [7, 11) is 0. The zero-order valence-electron chi connectivity index (χ0n) is 16.4. The maximum atomic E-state index is 12.6. The van der Waals surface area contributed by atoms with Gasteiger partial charge in [-0.1, -0.05) is 29.7 Å². The van der Waals surface area contributed by atoms with Gasteiger partial charge in [-0.15, -0.1) is 0 Å². The number of carbonyl (C=O) groups excluding carboxylic acids is 1. The van der Waals surface area contributed by atoms with Gasteiger partial charge in [-0.2, -0.15) is 4.98 Å². The van der Waals surface area contributed by atoms with Gasteiger partial charge in [-0.05, 0) is 55.3 Å². The Bertz CT molecular complexity index is 1020. The first-order valence-electron chi connectivity index (χ1n) is 9.69. The summed E-state index contributed by atoms with van der Waals surface area (Å²) in [6.45, 7) is 5.16. The topological polar surface area (TPSA) is 68.5 Å². The fourth-order valence-electron chi connectivity index (χ4n) is 3.43. The highest BCUT2D eigenvalue weighted by molar-refractivity contribution is 6.31. The minimum absolute atomic E-state index is 0.0255. The van der Waals surface area contributed by atoms with E-state index in [4.69, 9.17) is 20.9 Å². The van der Waals surface area contributed by atoms with Gasteiger partial charge in [0.15, 0.2) is 0 Å². The van der Waals surface area contributed by atoms with Crippen LogP contribution in [0.1, 0.15) is 37.1 Å². The number of hydrogen-bond acceptors (Lipinski definition) is 5. The molecule has 29 heavy (non-hydrogen) atoms. The van der Waals surface area contributed by atoms with Crippen LogP contribution in [0, 0.1) is 6.92 Å². The summed E-state index contributed by atoms with van der Waals surface area (Å²) in [4.78, 5) is 18.9. The molecule has 3 aromatic rings. The number of anilines is 1. The Labute approximate surface area is 174 Å². The van der Waals surface area contributed by atoms with Crippen LogP contribution in [0.15, 0.2) is 47.0 Å². The predicted molar refractivity (Wildman–Crippen MR) is 111 cm³/mol. The molecule has 0 radical (unpaired) electrons. The van der Waals surface area contributed by atoms with Crippen molar-refractivity contribution in [3.63, 3.8) is 0 Å². The molecule has 6 nitrogen and oxygen atoms in total. The lowest BCUT2D eigenvalue weighted by Crippen LogP contribution is -2.25. The summed E-state index contributed by atoms with van der Waals surface area (Å²) in [6.07, 6.45) is 1.29. The van der Waals surface area contributed by atoms with Crippen molar-refractivity contribution in [1.82, 2.24) is 10.1 Å². The largest absolute Gasteiger partial charge is 0.494 e. The van der Waals surface area contributed by atoms with E-state index in [0.29, 0.717) is 36.3 Å². The summed E-state index contributed by atoms with van der Waals surface area (Å²) in [6, 6.07) is 13.2. The summed E-state index contributed by atoms with van der Waals surface area (Å²) in [5, 5.41) is 4.74. The molecule has 0 spiro atoms. The average molecular weight is 412 g/mol. The summed E-state index contributed by atoms with van der Waals surface area (Å²) < 4.78 is 11.1. The second-order valence-corrected chi connectivity index (χ2v) is 7.53. The Morgan fingerprint density at radius 3 is 2.79 bits per heavy atom. The van der Waals surface area contributed by atoms with Gasteiger partial charge in [0, 0.05) is 29.2 Å². The molecular formula is C22H22ClN3O3. The number of amides is 1. The monoisotopic (exact) mass is 411 g/mol. The number of hydrogen-bond donors (Lipinski definition) is 0. The van der Waals surface area contributed by atoms with Crippen molar-refractivity contribution >= 4 is 23.2 Å². The van der Waals surface area contributed by atoms with E-state index in [0.717, 1.165) is 29.0 Å². The van der Waals surface area contributed by atoms with Gasteiger partial charge in [0.2, 0.25) is 17.6 Å². The van der Waals surface area contributed by atoms with Gasteiger partial charge in [0.1, 0.15) is 5.75 Å². The van der Waals surface area contributed by atoms with Gasteiger partial charge in [-0.25, -0.2) is 0 Å². The standard InChI is InChI=1S/C22H22ClN3O3/c1-3-11-28-17-9-7-15(8-10-17)21-24-22(29-25-21)16-12-20(27)26(13-16)19-6-4-5-18(23)14(19)2/h4-10,16H,3,11-13H2,1-2H3. The number of nitrogens with zero attached hydrogens (tertiary/aromatic N) is 3. The molecule has 0 N–H and O–H groups in total. The van der Waals surface area contributed by atoms with Crippen molar-refractivity contribution in [2.24, 2.45) is 0 Å². The molecule has 7 heteroatoms. The molecule has 1 atom stereocenters. The smallest absolute Gasteiger partial charge is 0.232 e. The second-order valence-electron chi connectivity index (χ2n) is 7.12. The Morgan fingerprint density at radius 1 is 1.24 bits per heavy atom. The third-order valence-corrected chi connectivity index (χ3v) is 5.44. The fourth-order valence-corrected chi connectivity index (χ4v) is 3.60. The predicted octanol–water partition coefficient (Wildman–Crippen LogP) is 5.01. The van der Waals surface area contributed by atoms with E-state index < -0.39 is 0 Å². The van der Waals surface area contributed by atoms with Crippen LogP contribution in [0.5, 0.6) is 5.75 Å². The molecule has 2 heterocycles. The first-order valence-corrected chi connectivity index (χ1v) is 10.1. The minimum atomic E-state index is -0.144. The molecular weight excluding hydrogens is 390 g/mol. The first kappa shape index (κ1) is 19.5. The molecule has 1 aliphatic rings. The van der Waals surface area contributed by atoms with Crippen LogP contribution < -0.4 is 9.64 Å². The highest BCUT2D eigenvalue weighted by Crippen LogP contribution is 2.35. The zero-order chi connectivity index (χ0) is 20.4. The van der Waals surface area contributed by atoms with Crippen molar-refractivity contribution in [3.05, 3.63) is 58.9 Å². The van der Waals surface area contributed by atoms with Crippen molar-refractivity contribution in [2.75, 3.05) is 18.1 Å². The number of aromatic nitrogens is 2. The number of benzene rings is 2. The maximum absolute atomic E-state index is 12.6. The summed E-state index contributed by atoms with van der Waals surface area (Å²) >= 11 is 6.22. The quantitative estimate of drug-likeness (QED) is 0.570. The lowest BCUT2D eigenvalue weighted by atomic mass is 10.1. The van der Waals surface area contributed by atoms with E-state index in [1.165, 1.54) is 0 Å². The van der Waals surface area contributed by atoms with E-state index in [2.05, 4.69) is 17.1 Å². The van der Waals surface area contributed by atoms with Crippen LogP contribution in [-0.2, 0) is 4.79 Å². The first-order chi connectivity index (χ1) is 14.1. The van der Waals surface area contributed by atoms with Gasteiger partial charge in [0.05, 0.1) is 12.5 Å². The molecule has 1 unspecified atom stereocenters. The highest BCUT2D eigenvalue weighted by atomic mass is 35.5. The van der Waals surface area contributed by atoms with Crippen molar-refractivity contribution in [3.8, 4) is 17.1 Å². The SMILES string of the molecule is CCCOc1ccc(-c2noc(C3CC(=O)N(c4cccc(Cl)c4C)C3)n2)cc1. The third-order valence-electron chi connectivity index (χ3n) is 5.03.